The first kappa shape index (κ1) is 20.8. The molecule has 0 saturated carbocycles. The molecule has 0 fully saturated rings. The van der Waals surface area contributed by atoms with Crippen molar-refractivity contribution < 1.29 is 42.5 Å². The molecule has 0 bridgehead atoms. The topological polar surface area (TPSA) is 81.0 Å². The average Bonchev–Trinajstić information content (AvgIpc) is 2.03. The first-order valence-corrected chi connectivity index (χ1v) is 6.30. The quantitative estimate of drug-likeness (QED) is 0.342. The summed E-state index contributed by atoms with van der Waals surface area (Å²) in [7, 11) is -3.96. The minimum Gasteiger partial charge on any atom is -0.748 e. The Labute approximate surface area is 115 Å². The maximum Gasteiger partial charge on any atom is 1.00 e. The maximum absolute atomic E-state index is 10.1. The molecule has 0 aliphatic rings. The van der Waals surface area contributed by atoms with E-state index < -0.39 is 10.1 Å². The Hall–Kier alpha value is 0.400. The van der Waals surface area contributed by atoms with Gasteiger partial charge in [-0.05, 0) is 6.42 Å². The third kappa shape index (κ3) is 31.4. The molecule has 0 radical (unpaired) electrons. The van der Waals surface area contributed by atoms with Crippen molar-refractivity contribution in [3.8, 4) is 6.07 Å². The van der Waals surface area contributed by atoms with Crippen molar-refractivity contribution >= 4 is 10.1 Å². The fourth-order valence-corrected chi connectivity index (χ4v) is 1.44. The molecule has 0 rings (SSSR count). The first-order chi connectivity index (χ1) is 6.47. The van der Waals surface area contributed by atoms with E-state index in [9.17, 15) is 13.0 Å². The molecule has 4 nitrogen and oxygen atoms in total. The second kappa shape index (κ2) is 14.4. The summed E-state index contributed by atoms with van der Waals surface area (Å²) < 4.78 is 30.3. The maximum atomic E-state index is 10.1. The van der Waals surface area contributed by atoms with E-state index in [2.05, 4.69) is 6.92 Å². The molecule has 0 aliphatic carbocycles. The number of nitrogens with zero attached hydrogens (tertiary/aromatic N) is 1. The Morgan fingerprint density at radius 2 is 1.60 bits per heavy atom. The number of hydrogen-bond acceptors (Lipinski definition) is 4. The number of rotatable bonds is 6. The summed E-state index contributed by atoms with van der Waals surface area (Å²) in [5.41, 5.74) is 0. The molecule has 84 valence electrons. The summed E-state index contributed by atoms with van der Waals surface area (Å²) in [5, 5.41) is 7.32. The summed E-state index contributed by atoms with van der Waals surface area (Å²) in [4.78, 5) is 0. The zero-order chi connectivity index (χ0) is 11.4. The SMILES string of the molecule is CC#N.CCCCCCCS(=O)(=O)[O-].[Na+]. The van der Waals surface area contributed by atoms with E-state index in [1.807, 2.05) is 0 Å². The van der Waals surface area contributed by atoms with Crippen molar-refractivity contribution in [2.45, 2.75) is 46.0 Å². The molecule has 0 N–H and O–H groups in total. The summed E-state index contributed by atoms with van der Waals surface area (Å²) >= 11 is 0. The molecule has 15 heavy (non-hydrogen) atoms. The Bertz CT molecular complexity index is 247. The van der Waals surface area contributed by atoms with Gasteiger partial charge in [-0.15, -0.1) is 0 Å². The minimum atomic E-state index is -3.96. The van der Waals surface area contributed by atoms with Crippen molar-refractivity contribution in [3.63, 3.8) is 0 Å². The minimum absolute atomic E-state index is 0. The number of nitriles is 1. The van der Waals surface area contributed by atoms with Crippen molar-refractivity contribution in [1.29, 1.82) is 5.26 Å². The molecule has 0 amide bonds. The van der Waals surface area contributed by atoms with Crippen molar-refractivity contribution in [2.75, 3.05) is 5.75 Å². The van der Waals surface area contributed by atoms with Crippen molar-refractivity contribution in [3.05, 3.63) is 0 Å². The predicted molar refractivity (Wildman–Crippen MR) is 54.6 cm³/mol. The van der Waals surface area contributed by atoms with Crippen LogP contribution in [0.4, 0.5) is 0 Å². The molecule has 0 unspecified atom stereocenters. The van der Waals surface area contributed by atoms with Crippen LogP contribution >= 0.6 is 0 Å². The van der Waals surface area contributed by atoms with E-state index in [4.69, 9.17) is 5.26 Å². The van der Waals surface area contributed by atoms with Gasteiger partial charge >= 0.3 is 29.6 Å². The van der Waals surface area contributed by atoms with Gasteiger partial charge in [-0.25, -0.2) is 8.42 Å². The molecule has 0 aromatic rings. The van der Waals surface area contributed by atoms with E-state index in [0.717, 1.165) is 25.7 Å². The Morgan fingerprint density at radius 3 is 1.93 bits per heavy atom. The molecule has 6 heteroatoms. The van der Waals surface area contributed by atoms with Gasteiger partial charge in [0.25, 0.3) is 0 Å². The van der Waals surface area contributed by atoms with Gasteiger partial charge in [-0.2, -0.15) is 5.26 Å². The molecule has 0 aromatic carbocycles. The van der Waals surface area contributed by atoms with E-state index in [1.165, 1.54) is 6.92 Å². The van der Waals surface area contributed by atoms with Crippen molar-refractivity contribution in [1.82, 2.24) is 0 Å². The Morgan fingerprint density at radius 1 is 1.20 bits per heavy atom. The molecule has 0 aromatic heterocycles. The van der Waals surface area contributed by atoms with Crippen LogP contribution in [0.2, 0.25) is 0 Å². The number of unbranched alkanes of at least 4 members (excludes halogenated alkanes) is 4. The average molecular weight is 243 g/mol. The molecular formula is C9H18NNaO3S. The monoisotopic (exact) mass is 243 g/mol. The summed E-state index contributed by atoms with van der Waals surface area (Å²) in [5.74, 6) is -0.198. The smallest absolute Gasteiger partial charge is 0.748 e. The van der Waals surface area contributed by atoms with Gasteiger partial charge in [-0.3, -0.25) is 0 Å². The fraction of sp³-hybridized carbons (Fsp3) is 0.889. The largest absolute Gasteiger partial charge is 1.00 e. The zero-order valence-corrected chi connectivity index (χ0v) is 12.6. The fourth-order valence-electron chi connectivity index (χ4n) is 0.882. The standard InChI is InChI=1S/C7H16O3S.C2H3N.Na/c1-2-3-4-5-6-7-11(8,9)10;1-2-3;/h2-7H2,1H3,(H,8,9,10);1H3;/q;;+1/p-1. The molecule has 0 spiro atoms. The Kier molecular flexibility index (Phi) is 19.9. The normalized spacial score (nSPS) is 9.20. The van der Waals surface area contributed by atoms with E-state index >= 15 is 0 Å². The second-order valence-electron chi connectivity index (χ2n) is 2.90. The van der Waals surface area contributed by atoms with Crippen LogP contribution in [0.3, 0.4) is 0 Å². The molecule has 0 atom stereocenters. The van der Waals surface area contributed by atoms with Crippen LogP contribution in [0.15, 0.2) is 0 Å². The van der Waals surface area contributed by atoms with Crippen LogP contribution < -0.4 is 29.6 Å². The van der Waals surface area contributed by atoms with Gasteiger partial charge in [0.15, 0.2) is 0 Å². The van der Waals surface area contributed by atoms with E-state index in [0.29, 0.717) is 6.42 Å². The van der Waals surface area contributed by atoms with Crippen LogP contribution in [0, 0.1) is 11.3 Å². The molecular weight excluding hydrogens is 225 g/mol. The Balaban J connectivity index is -0.000000320. The van der Waals surface area contributed by atoms with E-state index in [-0.39, 0.29) is 35.3 Å². The van der Waals surface area contributed by atoms with Crippen LogP contribution in [-0.4, -0.2) is 18.7 Å². The molecule has 0 saturated heterocycles. The molecule has 0 heterocycles. The summed E-state index contributed by atoms with van der Waals surface area (Å²) in [6.45, 7) is 3.52. The third-order valence-electron chi connectivity index (χ3n) is 1.50. The van der Waals surface area contributed by atoms with Crippen LogP contribution in [-0.2, 0) is 10.1 Å². The van der Waals surface area contributed by atoms with Gasteiger partial charge in [-0.1, -0.05) is 32.6 Å². The zero-order valence-electron chi connectivity index (χ0n) is 9.82. The van der Waals surface area contributed by atoms with Gasteiger partial charge in [0.1, 0.15) is 0 Å². The van der Waals surface area contributed by atoms with Crippen LogP contribution in [0.5, 0.6) is 0 Å². The second-order valence-corrected chi connectivity index (χ2v) is 4.42. The van der Waals surface area contributed by atoms with Crippen LogP contribution in [0.25, 0.3) is 0 Å². The van der Waals surface area contributed by atoms with Gasteiger partial charge in [0.05, 0.1) is 16.2 Å². The van der Waals surface area contributed by atoms with E-state index in [1.54, 1.807) is 6.07 Å². The third-order valence-corrected chi connectivity index (χ3v) is 2.29. The van der Waals surface area contributed by atoms with Gasteiger partial charge in [0, 0.05) is 12.7 Å². The summed E-state index contributed by atoms with van der Waals surface area (Å²) in [6, 6.07) is 1.75. The summed E-state index contributed by atoms with van der Waals surface area (Å²) in [6.07, 6.45) is 4.66. The van der Waals surface area contributed by atoms with Gasteiger partial charge < -0.3 is 4.55 Å². The first-order valence-electron chi connectivity index (χ1n) is 4.72. The van der Waals surface area contributed by atoms with Gasteiger partial charge in [0.2, 0.25) is 0 Å². The number of hydrogen-bond donors (Lipinski definition) is 0. The van der Waals surface area contributed by atoms with Crippen LogP contribution in [0.1, 0.15) is 46.0 Å². The predicted octanol–water partition coefficient (Wildman–Crippen LogP) is -0.964. The molecule has 0 aliphatic heterocycles. The van der Waals surface area contributed by atoms with Crippen molar-refractivity contribution in [2.24, 2.45) is 0 Å².